The van der Waals surface area contributed by atoms with Crippen molar-refractivity contribution in [2.24, 2.45) is 9.98 Å². The lowest BCUT2D eigenvalue weighted by atomic mass is 10.4. The summed E-state index contributed by atoms with van der Waals surface area (Å²) in [7, 11) is 4.27. The monoisotopic (exact) mass is 190 g/mol. The molecule has 0 aromatic carbocycles. The maximum Gasteiger partial charge on any atom is 0.342 e. The third-order valence-corrected chi connectivity index (χ3v) is 1.20. The molecule has 0 spiro atoms. The lowest BCUT2D eigenvalue weighted by Crippen LogP contribution is -3.05. The van der Waals surface area contributed by atoms with Crippen molar-refractivity contribution in [3.8, 4) is 0 Å². The number of nitrogens with one attached hydrogen (secondary N) is 1. The molecule has 0 aliphatic heterocycles. The van der Waals surface area contributed by atoms with E-state index >= 15 is 0 Å². The molecule has 0 amide bonds. The van der Waals surface area contributed by atoms with Gasteiger partial charge in [0.1, 0.15) is 6.54 Å². The minimum absolute atomic E-state index is 0. The van der Waals surface area contributed by atoms with Crippen molar-refractivity contribution in [2.45, 2.75) is 13.3 Å². The van der Waals surface area contributed by atoms with Gasteiger partial charge in [0, 0.05) is 18.3 Å². The number of quaternary nitrogens is 1. The molecule has 70 valence electrons. The number of hydrogen-bond donors (Lipinski definition) is 1. The molecule has 0 rings (SSSR count). The Kier molecular flexibility index (Phi) is 12.3. The van der Waals surface area contributed by atoms with Crippen LogP contribution < -0.4 is 17.3 Å². The van der Waals surface area contributed by atoms with Gasteiger partial charge in [-0.3, -0.25) is 0 Å². The summed E-state index contributed by atoms with van der Waals surface area (Å²) in [5.74, 6) is 0. The van der Waals surface area contributed by atoms with Crippen molar-refractivity contribution in [2.75, 3.05) is 27.2 Å². The Morgan fingerprint density at radius 1 is 1.42 bits per heavy atom. The molecule has 0 unspecified atom stereocenters. The maximum absolute atomic E-state index is 3.97. The predicted octanol–water partition coefficient (Wildman–Crippen LogP) is -3.12. The Morgan fingerprint density at radius 2 is 2.08 bits per heavy atom. The molecule has 0 aliphatic rings. The Labute approximate surface area is 81.0 Å². The first-order chi connectivity index (χ1) is 5.27. The van der Waals surface area contributed by atoms with E-state index in [1.165, 1.54) is 4.90 Å². The normalized spacial score (nSPS) is 8.33. The smallest absolute Gasteiger partial charge is 0.342 e. The fourth-order valence-electron chi connectivity index (χ4n) is 0.660. The van der Waals surface area contributed by atoms with Gasteiger partial charge in [-0.25, -0.2) is 0 Å². The summed E-state index contributed by atoms with van der Waals surface area (Å²) < 4.78 is 0. The first-order valence-electron chi connectivity index (χ1n) is 3.95. The summed E-state index contributed by atoms with van der Waals surface area (Å²) in [4.78, 5) is 9.17. The van der Waals surface area contributed by atoms with E-state index in [4.69, 9.17) is 0 Å². The molecular weight excluding hydrogens is 174 g/mol. The van der Waals surface area contributed by atoms with Crippen LogP contribution >= 0.6 is 0 Å². The van der Waals surface area contributed by atoms with E-state index in [1.54, 1.807) is 6.54 Å². The molecule has 1 N–H and O–H groups in total. The number of aliphatic imine (C=N–C) groups is 2. The average Bonchev–Trinajstić information content (AvgIpc) is 1.96. The third kappa shape index (κ3) is 12.2. The summed E-state index contributed by atoms with van der Waals surface area (Å²) >= 11 is 0. The highest BCUT2D eigenvalue weighted by Gasteiger charge is 1.91. The van der Waals surface area contributed by atoms with Crippen molar-refractivity contribution in [3.05, 3.63) is 6.54 Å². The predicted molar refractivity (Wildman–Crippen MR) is 47.0 cm³/mol. The van der Waals surface area contributed by atoms with Crippen LogP contribution in [0.1, 0.15) is 13.3 Å². The zero-order valence-corrected chi connectivity index (χ0v) is 8.73. The van der Waals surface area contributed by atoms with Crippen LogP contribution in [0.5, 0.6) is 0 Å². The quantitative estimate of drug-likeness (QED) is 0.270. The highest BCUT2D eigenvalue weighted by atomic mass is 35.5. The third-order valence-electron chi connectivity index (χ3n) is 1.20. The minimum atomic E-state index is 0. The first-order valence-corrected chi connectivity index (χ1v) is 3.95. The second kappa shape index (κ2) is 10.5. The molecule has 0 radical (unpaired) electrons. The Hall–Kier alpha value is -0.500. The van der Waals surface area contributed by atoms with E-state index in [2.05, 4.69) is 30.1 Å². The van der Waals surface area contributed by atoms with Crippen molar-refractivity contribution in [3.63, 3.8) is 0 Å². The standard InChI is InChI=1S/C8H16N3.ClH/c1-4-9-8-10-6-5-7-11(2)3;/h4H,5-7H2,1-3H3;1H/q+1;. The summed E-state index contributed by atoms with van der Waals surface area (Å²) in [6.07, 6.45) is 1.11. The van der Waals surface area contributed by atoms with Crippen molar-refractivity contribution in [1.29, 1.82) is 0 Å². The Bertz CT molecular complexity index is 139. The van der Waals surface area contributed by atoms with Crippen LogP contribution in [0.2, 0.25) is 0 Å². The van der Waals surface area contributed by atoms with Gasteiger partial charge >= 0.3 is 6.01 Å². The van der Waals surface area contributed by atoms with Gasteiger partial charge in [-0.05, 0) is 0 Å². The van der Waals surface area contributed by atoms with E-state index in [0.29, 0.717) is 0 Å². The average molecular weight is 191 g/mol. The molecule has 0 heterocycles. The fourth-order valence-corrected chi connectivity index (χ4v) is 0.660. The Balaban J connectivity index is 0. The molecule has 0 saturated carbocycles. The number of hydrogen-bond acceptors (Lipinski definition) is 2. The zero-order valence-electron chi connectivity index (χ0n) is 7.97. The highest BCUT2D eigenvalue weighted by molar-refractivity contribution is 5.41. The summed E-state index contributed by atoms with van der Waals surface area (Å²) in [5, 5.41) is 0. The van der Waals surface area contributed by atoms with Crippen LogP contribution in [0, 0.1) is 6.54 Å². The molecule has 0 aromatic rings. The van der Waals surface area contributed by atoms with Gasteiger partial charge in [0.2, 0.25) is 0 Å². The van der Waals surface area contributed by atoms with Crippen molar-refractivity contribution < 1.29 is 17.3 Å². The number of nitrogens with zero attached hydrogens (tertiary/aromatic N) is 2. The van der Waals surface area contributed by atoms with E-state index in [9.17, 15) is 0 Å². The van der Waals surface area contributed by atoms with E-state index in [1.807, 2.05) is 6.92 Å². The van der Waals surface area contributed by atoms with E-state index in [-0.39, 0.29) is 12.4 Å². The number of rotatable bonds is 5. The molecule has 0 saturated heterocycles. The molecule has 0 atom stereocenters. The second-order valence-corrected chi connectivity index (χ2v) is 2.68. The maximum atomic E-state index is 3.97. The lowest BCUT2D eigenvalue weighted by Gasteiger charge is -2.02. The molecule has 0 aliphatic carbocycles. The second-order valence-electron chi connectivity index (χ2n) is 2.68. The number of halogens is 1. The first kappa shape index (κ1) is 14.0. The van der Waals surface area contributed by atoms with Crippen LogP contribution in [-0.2, 0) is 0 Å². The summed E-state index contributed by atoms with van der Waals surface area (Å²) in [6, 6.07) is 2.59. The zero-order chi connectivity index (χ0) is 8.53. The highest BCUT2D eigenvalue weighted by Crippen LogP contribution is 1.74. The Morgan fingerprint density at radius 3 is 2.58 bits per heavy atom. The SMILES string of the molecule is C[CH+]N=C=NCCC[NH+](C)C.[Cl-]. The molecule has 12 heavy (non-hydrogen) atoms. The van der Waals surface area contributed by atoms with E-state index in [0.717, 1.165) is 19.5 Å². The van der Waals surface area contributed by atoms with Crippen molar-refractivity contribution >= 4 is 6.01 Å². The van der Waals surface area contributed by atoms with Gasteiger partial charge < -0.3 is 17.3 Å². The van der Waals surface area contributed by atoms with Crippen LogP contribution in [0.4, 0.5) is 0 Å². The topological polar surface area (TPSA) is 29.2 Å². The van der Waals surface area contributed by atoms with Gasteiger partial charge in [0.15, 0.2) is 0 Å². The largest absolute Gasteiger partial charge is 1.00 e. The van der Waals surface area contributed by atoms with Crippen LogP contribution in [-0.4, -0.2) is 33.2 Å². The van der Waals surface area contributed by atoms with Gasteiger partial charge in [-0.1, -0.05) is 0 Å². The van der Waals surface area contributed by atoms with Gasteiger partial charge in [-0.15, -0.1) is 4.99 Å². The summed E-state index contributed by atoms with van der Waals surface area (Å²) in [6.45, 7) is 5.52. The van der Waals surface area contributed by atoms with E-state index < -0.39 is 0 Å². The van der Waals surface area contributed by atoms with Crippen LogP contribution in [0.25, 0.3) is 0 Å². The van der Waals surface area contributed by atoms with Crippen LogP contribution in [0.3, 0.4) is 0 Å². The van der Waals surface area contributed by atoms with Gasteiger partial charge in [0.25, 0.3) is 0 Å². The van der Waals surface area contributed by atoms with Crippen molar-refractivity contribution in [1.82, 2.24) is 0 Å². The molecule has 0 bridgehead atoms. The van der Waals surface area contributed by atoms with Crippen LogP contribution in [0.15, 0.2) is 9.98 Å². The molecular formula is C8H17ClN3+. The molecule has 0 fully saturated rings. The molecule has 3 nitrogen and oxygen atoms in total. The molecule has 0 aromatic heterocycles. The molecule has 4 heteroatoms. The van der Waals surface area contributed by atoms with Gasteiger partial charge in [-0.2, -0.15) is 0 Å². The minimum Gasteiger partial charge on any atom is -1.00 e. The van der Waals surface area contributed by atoms with Gasteiger partial charge in [0.05, 0.1) is 27.2 Å². The summed E-state index contributed by atoms with van der Waals surface area (Å²) in [5.41, 5.74) is 0. The lowest BCUT2D eigenvalue weighted by molar-refractivity contribution is -0.858. The fraction of sp³-hybridized carbons (Fsp3) is 0.750.